The predicted molar refractivity (Wildman–Crippen MR) is 42.0 cm³/mol. The quantitative estimate of drug-likeness (QED) is 0.617. The van der Waals surface area contributed by atoms with Crippen molar-refractivity contribution in [2.24, 2.45) is 0 Å². The fourth-order valence-corrected chi connectivity index (χ4v) is 1.22. The van der Waals surface area contributed by atoms with Gasteiger partial charge in [0.05, 0.1) is 12.1 Å². The maximum absolute atomic E-state index is 5.07. The van der Waals surface area contributed by atoms with Crippen LogP contribution >= 0.6 is 11.3 Å². The van der Waals surface area contributed by atoms with Crippen LogP contribution < -0.4 is 0 Å². The molecule has 0 spiro atoms. The number of thiazole rings is 1. The lowest BCUT2D eigenvalue weighted by molar-refractivity contribution is 0.165. The Bertz CT molecular complexity index is 162. The lowest BCUT2D eigenvalue weighted by Gasteiger charge is -1.95. The van der Waals surface area contributed by atoms with Crippen LogP contribution in [-0.2, 0) is 11.2 Å². The number of aromatic nitrogens is 1. The van der Waals surface area contributed by atoms with Gasteiger partial charge in [-0.1, -0.05) is 0 Å². The van der Waals surface area contributed by atoms with E-state index in [1.807, 2.05) is 11.7 Å². The third-order valence-corrected chi connectivity index (χ3v) is 1.96. The van der Waals surface area contributed by atoms with Gasteiger partial charge in [-0.25, -0.2) is 0 Å². The van der Waals surface area contributed by atoms with Crippen molar-refractivity contribution in [1.29, 1.82) is 0 Å². The third-order valence-electron chi connectivity index (χ3n) is 1.12. The average Bonchev–Trinajstić information content (AvgIpc) is 2.41. The van der Waals surface area contributed by atoms with Crippen LogP contribution in [0.25, 0.3) is 0 Å². The van der Waals surface area contributed by atoms with Crippen LogP contribution in [0.2, 0.25) is 0 Å². The Kier molecular flexibility index (Phi) is 3.40. The predicted octanol–water partition coefficient (Wildman–Crippen LogP) is 1.54. The molecule has 0 amide bonds. The van der Waals surface area contributed by atoms with Crippen molar-refractivity contribution < 1.29 is 4.74 Å². The van der Waals surface area contributed by atoms with E-state index in [0.717, 1.165) is 13.0 Å². The molecule has 1 aromatic heterocycles. The SMILES string of the molecule is [CH2]COCCc1cncs1. The minimum Gasteiger partial charge on any atom is -0.381 e. The molecule has 2 nitrogen and oxygen atoms in total. The van der Waals surface area contributed by atoms with Crippen LogP contribution in [0.15, 0.2) is 11.7 Å². The highest BCUT2D eigenvalue weighted by Gasteiger charge is 1.92. The van der Waals surface area contributed by atoms with E-state index in [9.17, 15) is 0 Å². The van der Waals surface area contributed by atoms with E-state index in [-0.39, 0.29) is 0 Å². The van der Waals surface area contributed by atoms with Gasteiger partial charge >= 0.3 is 0 Å². The minimum atomic E-state index is 0.554. The van der Waals surface area contributed by atoms with Gasteiger partial charge in [-0.2, -0.15) is 0 Å². The smallest absolute Gasteiger partial charge is 0.0794 e. The van der Waals surface area contributed by atoms with Gasteiger partial charge in [-0.15, -0.1) is 11.3 Å². The summed E-state index contributed by atoms with van der Waals surface area (Å²) >= 11 is 1.66. The zero-order valence-electron chi connectivity index (χ0n) is 5.75. The first-order valence-corrected chi connectivity index (χ1v) is 4.06. The largest absolute Gasteiger partial charge is 0.381 e. The van der Waals surface area contributed by atoms with Crippen LogP contribution in [0.1, 0.15) is 4.88 Å². The molecule has 1 aromatic rings. The molecule has 0 aliphatic carbocycles. The zero-order valence-corrected chi connectivity index (χ0v) is 6.56. The molecule has 0 fully saturated rings. The normalized spacial score (nSPS) is 10.1. The summed E-state index contributed by atoms with van der Waals surface area (Å²) in [5.74, 6) is 0. The summed E-state index contributed by atoms with van der Waals surface area (Å²) in [6.45, 7) is 4.88. The van der Waals surface area contributed by atoms with Crippen molar-refractivity contribution in [2.45, 2.75) is 6.42 Å². The van der Waals surface area contributed by atoms with Crippen LogP contribution in [0.4, 0.5) is 0 Å². The summed E-state index contributed by atoms with van der Waals surface area (Å²) in [7, 11) is 0. The summed E-state index contributed by atoms with van der Waals surface area (Å²) in [4.78, 5) is 5.22. The van der Waals surface area contributed by atoms with E-state index in [4.69, 9.17) is 4.74 Å². The number of hydrogen-bond acceptors (Lipinski definition) is 3. The van der Waals surface area contributed by atoms with Crippen molar-refractivity contribution in [3.63, 3.8) is 0 Å². The van der Waals surface area contributed by atoms with Gasteiger partial charge in [0.25, 0.3) is 0 Å². The molecule has 10 heavy (non-hydrogen) atoms. The molecule has 1 rings (SSSR count). The van der Waals surface area contributed by atoms with Crippen molar-refractivity contribution in [1.82, 2.24) is 4.98 Å². The second kappa shape index (κ2) is 4.41. The molecule has 0 unspecified atom stereocenters. The van der Waals surface area contributed by atoms with Crippen molar-refractivity contribution >= 4 is 11.3 Å². The Labute approximate surface area is 64.9 Å². The second-order valence-corrected chi connectivity index (χ2v) is 2.80. The number of nitrogens with zero attached hydrogens (tertiary/aromatic N) is 1. The Morgan fingerprint density at radius 2 is 2.60 bits per heavy atom. The Morgan fingerprint density at radius 1 is 1.70 bits per heavy atom. The van der Waals surface area contributed by atoms with Gasteiger partial charge in [-0.3, -0.25) is 4.98 Å². The maximum atomic E-state index is 5.07. The standard InChI is InChI=1S/C7H10NOS/c1-2-9-4-3-7-5-8-6-10-7/h5-6H,1-4H2. The van der Waals surface area contributed by atoms with Gasteiger partial charge < -0.3 is 4.74 Å². The topological polar surface area (TPSA) is 22.1 Å². The van der Waals surface area contributed by atoms with E-state index in [1.54, 1.807) is 11.3 Å². The van der Waals surface area contributed by atoms with E-state index < -0.39 is 0 Å². The van der Waals surface area contributed by atoms with Crippen LogP contribution in [-0.4, -0.2) is 18.2 Å². The summed E-state index contributed by atoms with van der Waals surface area (Å²) in [5, 5.41) is 0. The summed E-state index contributed by atoms with van der Waals surface area (Å²) in [6.07, 6.45) is 2.83. The molecule has 55 valence electrons. The molecular weight excluding hydrogens is 146 g/mol. The molecule has 0 saturated heterocycles. The molecule has 0 atom stereocenters. The first-order valence-electron chi connectivity index (χ1n) is 3.18. The molecule has 0 aliphatic heterocycles. The first kappa shape index (κ1) is 7.69. The molecule has 3 heteroatoms. The van der Waals surface area contributed by atoms with E-state index in [2.05, 4.69) is 11.9 Å². The van der Waals surface area contributed by atoms with Gasteiger partial charge in [-0.05, 0) is 6.92 Å². The Morgan fingerprint density at radius 3 is 3.20 bits per heavy atom. The first-order chi connectivity index (χ1) is 4.93. The highest BCUT2D eigenvalue weighted by Crippen LogP contribution is 2.05. The van der Waals surface area contributed by atoms with Gasteiger partial charge in [0.15, 0.2) is 0 Å². The highest BCUT2D eigenvalue weighted by atomic mass is 32.1. The summed E-state index contributed by atoms with van der Waals surface area (Å²) < 4.78 is 5.07. The minimum absolute atomic E-state index is 0.554. The molecule has 0 bridgehead atoms. The van der Waals surface area contributed by atoms with Gasteiger partial charge in [0, 0.05) is 24.1 Å². The van der Waals surface area contributed by atoms with Crippen molar-refractivity contribution in [3.8, 4) is 0 Å². The average molecular weight is 156 g/mol. The maximum Gasteiger partial charge on any atom is 0.0794 e. The lowest BCUT2D eigenvalue weighted by Crippen LogP contribution is -1.95. The van der Waals surface area contributed by atoms with E-state index in [0.29, 0.717) is 6.61 Å². The second-order valence-electron chi connectivity index (χ2n) is 1.83. The Hall–Kier alpha value is -0.410. The van der Waals surface area contributed by atoms with Crippen LogP contribution in [0.5, 0.6) is 0 Å². The van der Waals surface area contributed by atoms with E-state index >= 15 is 0 Å². The van der Waals surface area contributed by atoms with Gasteiger partial charge in [0.2, 0.25) is 0 Å². The van der Waals surface area contributed by atoms with Gasteiger partial charge in [0.1, 0.15) is 0 Å². The highest BCUT2D eigenvalue weighted by molar-refractivity contribution is 7.09. The fourth-order valence-electron chi connectivity index (χ4n) is 0.640. The molecular formula is C7H10NOS. The molecule has 0 N–H and O–H groups in total. The fraction of sp³-hybridized carbons (Fsp3) is 0.429. The van der Waals surface area contributed by atoms with Crippen molar-refractivity contribution in [2.75, 3.05) is 13.2 Å². The molecule has 0 aromatic carbocycles. The van der Waals surface area contributed by atoms with Crippen molar-refractivity contribution in [3.05, 3.63) is 23.5 Å². The molecule has 0 saturated carbocycles. The zero-order chi connectivity index (χ0) is 7.23. The number of ether oxygens (including phenoxy) is 1. The van der Waals surface area contributed by atoms with E-state index in [1.165, 1.54) is 4.88 Å². The summed E-state index contributed by atoms with van der Waals surface area (Å²) in [6, 6.07) is 0. The monoisotopic (exact) mass is 156 g/mol. The number of rotatable bonds is 4. The third kappa shape index (κ3) is 2.45. The molecule has 1 heterocycles. The van der Waals surface area contributed by atoms with Crippen LogP contribution in [0, 0.1) is 6.92 Å². The summed E-state index contributed by atoms with van der Waals surface area (Å²) in [5.41, 5.74) is 1.83. The molecule has 0 aliphatic rings. The lowest BCUT2D eigenvalue weighted by atomic mass is 10.4. The Balaban J connectivity index is 2.15. The molecule has 1 radical (unpaired) electrons. The number of hydrogen-bond donors (Lipinski definition) is 0. The van der Waals surface area contributed by atoms with Crippen LogP contribution in [0.3, 0.4) is 0 Å².